The fourth-order valence-electron chi connectivity index (χ4n) is 2.32. The molecule has 3 nitrogen and oxygen atoms in total. The topological polar surface area (TPSA) is 29.9 Å². The summed E-state index contributed by atoms with van der Waals surface area (Å²) in [5.41, 5.74) is 3.06. The maximum Gasteiger partial charge on any atom is 0.123 e. The van der Waals surface area contributed by atoms with Crippen LogP contribution in [-0.2, 0) is 13.0 Å². The summed E-state index contributed by atoms with van der Waals surface area (Å²) in [5.74, 6) is -0.212. The molecule has 4 heteroatoms. The molecule has 0 bridgehead atoms. The lowest BCUT2D eigenvalue weighted by Crippen LogP contribution is -2.21. The molecule has 0 amide bonds. The first-order valence-corrected chi connectivity index (χ1v) is 6.68. The molecule has 0 fully saturated rings. The van der Waals surface area contributed by atoms with Gasteiger partial charge in [0.15, 0.2) is 0 Å². The molecule has 1 atom stereocenters. The van der Waals surface area contributed by atoms with Crippen molar-refractivity contribution in [1.29, 1.82) is 0 Å². The van der Waals surface area contributed by atoms with Gasteiger partial charge in [-0.25, -0.2) is 4.39 Å². The number of halogens is 1. The van der Waals surface area contributed by atoms with Gasteiger partial charge in [-0.15, -0.1) is 0 Å². The molecule has 1 unspecified atom stereocenters. The summed E-state index contributed by atoms with van der Waals surface area (Å²) in [6, 6.07) is 8.76. The first kappa shape index (κ1) is 13.7. The fraction of sp³-hybridized carbons (Fsp3) is 0.400. The van der Waals surface area contributed by atoms with Crippen molar-refractivity contribution in [3.63, 3.8) is 0 Å². The Bertz CT molecular complexity index is 548. The number of rotatable bonds is 5. The van der Waals surface area contributed by atoms with Crippen LogP contribution in [0.2, 0.25) is 0 Å². The Morgan fingerprint density at radius 1 is 1.32 bits per heavy atom. The van der Waals surface area contributed by atoms with Crippen molar-refractivity contribution < 1.29 is 4.39 Å². The third-order valence-corrected chi connectivity index (χ3v) is 3.29. The summed E-state index contributed by atoms with van der Waals surface area (Å²) >= 11 is 0. The van der Waals surface area contributed by atoms with Crippen LogP contribution in [0.1, 0.15) is 36.8 Å². The predicted molar refractivity (Wildman–Crippen MR) is 74.6 cm³/mol. The maximum atomic E-state index is 13.4. The van der Waals surface area contributed by atoms with E-state index in [1.807, 2.05) is 17.8 Å². The second-order valence-corrected chi connectivity index (χ2v) is 4.51. The molecule has 1 aromatic heterocycles. The average Bonchev–Trinajstić information content (AvgIpc) is 2.83. The summed E-state index contributed by atoms with van der Waals surface area (Å²) in [7, 11) is 1.88. The third-order valence-electron chi connectivity index (χ3n) is 3.29. The molecule has 1 aromatic carbocycles. The Morgan fingerprint density at radius 3 is 2.68 bits per heavy atom. The highest BCUT2D eigenvalue weighted by molar-refractivity contribution is 5.29. The quantitative estimate of drug-likeness (QED) is 0.897. The molecule has 2 rings (SSSR count). The van der Waals surface area contributed by atoms with Gasteiger partial charge in [-0.05, 0) is 44.2 Å². The number of aromatic nitrogens is 2. The normalized spacial score (nSPS) is 12.6. The Balaban J connectivity index is 2.44. The van der Waals surface area contributed by atoms with Crippen LogP contribution in [0.4, 0.5) is 4.39 Å². The number of benzene rings is 1. The van der Waals surface area contributed by atoms with Crippen LogP contribution < -0.4 is 5.32 Å². The van der Waals surface area contributed by atoms with Gasteiger partial charge < -0.3 is 5.32 Å². The van der Waals surface area contributed by atoms with E-state index < -0.39 is 0 Å². The van der Waals surface area contributed by atoms with Crippen molar-refractivity contribution in [2.75, 3.05) is 7.05 Å². The van der Waals surface area contributed by atoms with E-state index in [1.165, 1.54) is 6.07 Å². The highest BCUT2D eigenvalue weighted by Crippen LogP contribution is 2.23. The molecule has 102 valence electrons. The molecule has 0 aliphatic carbocycles. The largest absolute Gasteiger partial charge is 0.308 e. The summed E-state index contributed by atoms with van der Waals surface area (Å²) in [5, 5.41) is 7.79. The molecule has 0 radical (unpaired) electrons. The van der Waals surface area contributed by atoms with Gasteiger partial charge in [-0.2, -0.15) is 5.10 Å². The van der Waals surface area contributed by atoms with E-state index in [1.54, 1.807) is 12.1 Å². The molecule has 0 aliphatic heterocycles. The first-order chi connectivity index (χ1) is 9.19. The molecule has 1 N–H and O–H groups in total. The molecule has 1 heterocycles. The minimum absolute atomic E-state index is 0.0385. The van der Waals surface area contributed by atoms with Gasteiger partial charge in [0, 0.05) is 6.54 Å². The van der Waals surface area contributed by atoms with Crippen LogP contribution in [0.15, 0.2) is 30.3 Å². The van der Waals surface area contributed by atoms with Gasteiger partial charge in [0.25, 0.3) is 0 Å². The second kappa shape index (κ2) is 5.97. The Morgan fingerprint density at radius 2 is 2.11 bits per heavy atom. The molecule has 2 aromatic rings. The average molecular weight is 261 g/mol. The van der Waals surface area contributed by atoms with E-state index >= 15 is 0 Å². The van der Waals surface area contributed by atoms with Crippen molar-refractivity contribution in [2.45, 2.75) is 32.9 Å². The van der Waals surface area contributed by atoms with Crippen LogP contribution in [0.25, 0.3) is 0 Å². The number of nitrogens with one attached hydrogen (secondary N) is 1. The Hall–Kier alpha value is -1.68. The second-order valence-electron chi connectivity index (χ2n) is 4.51. The number of hydrogen-bond acceptors (Lipinski definition) is 2. The Kier molecular flexibility index (Phi) is 4.32. The standard InChI is InChI=1S/C15H20FN3/c1-4-13-10-14(19(5-2)18-13)15(17-3)11-7-6-8-12(16)9-11/h6-10,15,17H,4-5H2,1-3H3. The minimum Gasteiger partial charge on any atom is -0.308 e. The van der Waals surface area contributed by atoms with Gasteiger partial charge in [0.2, 0.25) is 0 Å². The summed E-state index contributed by atoms with van der Waals surface area (Å²) < 4.78 is 15.4. The Labute approximate surface area is 113 Å². The zero-order chi connectivity index (χ0) is 13.8. The van der Waals surface area contributed by atoms with Gasteiger partial charge in [-0.3, -0.25) is 4.68 Å². The first-order valence-electron chi connectivity index (χ1n) is 6.68. The van der Waals surface area contributed by atoms with Crippen LogP contribution in [-0.4, -0.2) is 16.8 Å². The molecule has 0 aliphatic rings. The van der Waals surface area contributed by atoms with Crippen LogP contribution >= 0.6 is 0 Å². The SMILES string of the molecule is CCc1cc(C(NC)c2cccc(F)c2)n(CC)n1. The van der Waals surface area contributed by atoms with E-state index in [-0.39, 0.29) is 11.9 Å². The molecule has 0 spiro atoms. The number of nitrogens with zero attached hydrogens (tertiary/aromatic N) is 2. The zero-order valence-electron chi connectivity index (χ0n) is 11.7. The van der Waals surface area contributed by atoms with E-state index in [9.17, 15) is 4.39 Å². The van der Waals surface area contributed by atoms with E-state index in [2.05, 4.69) is 30.3 Å². The zero-order valence-corrected chi connectivity index (χ0v) is 11.7. The van der Waals surface area contributed by atoms with E-state index in [4.69, 9.17) is 0 Å². The molecule has 0 saturated heterocycles. The highest BCUT2D eigenvalue weighted by atomic mass is 19.1. The molecule has 19 heavy (non-hydrogen) atoms. The van der Waals surface area contributed by atoms with E-state index in [0.717, 1.165) is 29.9 Å². The number of aryl methyl sites for hydroxylation is 2. The summed E-state index contributed by atoms with van der Waals surface area (Å²) in [6.45, 7) is 4.96. The predicted octanol–water partition coefficient (Wildman–Crippen LogP) is 2.91. The highest BCUT2D eigenvalue weighted by Gasteiger charge is 2.18. The lowest BCUT2D eigenvalue weighted by atomic mass is 10.0. The van der Waals surface area contributed by atoms with Crippen molar-refractivity contribution in [2.24, 2.45) is 0 Å². The summed E-state index contributed by atoms with van der Waals surface area (Å²) in [6.07, 6.45) is 0.902. The third kappa shape index (κ3) is 2.84. The number of hydrogen-bond donors (Lipinski definition) is 1. The van der Waals surface area contributed by atoms with Gasteiger partial charge in [0.1, 0.15) is 5.82 Å². The molecular weight excluding hydrogens is 241 g/mol. The lowest BCUT2D eigenvalue weighted by Gasteiger charge is -2.18. The van der Waals surface area contributed by atoms with E-state index in [0.29, 0.717) is 0 Å². The molecule has 0 saturated carbocycles. The van der Waals surface area contributed by atoms with Gasteiger partial charge >= 0.3 is 0 Å². The van der Waals surface area contributed by atoms with Gasteiger partial charge in [0.05, 0.1) is 17.4 Å². The monoisotopic (exact) mass is 261 g/mol. The van der Waals surface area contributed by atoms with Crippen molar-refractivity contribution in [3.05, 3.63) is 53.1 Å². The smallest absolute Gasteiger partial charge is 0.123 e. The fourth-order valence-corrected chi connectivity index (χ4v) is 2.32. The van der Waals surface area contributed by atoms with Gasteiger partial charge in [-0.1, -0.05) is 19.1 Å². The van der Waals surface area contributed by atoms with Crippen molar-refractivity contribution >= 4 is 0 Å². The molecular formula is C15H20FN3. The summed E-state index contributed by atoms with van der Waals surface area (Å²) in [4.78, 5) is 0. The maximum absolute atomic E-state index is 13.4. The van der Waals surface area contributed by atoms with Crippen molar-refractivity contribution in [1.82, 2.24) is 15.1 Å². The lowest BCUT2D eigenvalue weighted by molar-refractivity contribution is 0.556. The van der Waals surface area contributed by atoms with Crippen LogP contribution in [0, 0.1) is 5.82 Å². The van der Waals surface area contributed by atoms with Crippen molar-refractivity contribution in [3.8, 4) is 0 Å². The minimum atomic E-state index is -0.212. The van der Waals surface area contributed by atoms with Crippen LogP contribution in [0.5, 0.6) is 0 Å². The van der Waals surface area contributed by atoms with Crippen LogP contribution in [0.3, 0.4) is 0 Å².